The molecule has 0 spiro atoms. The van der Waals surface area contributed by atoms with Gasteiger partial charge in [0.05, 0.1) is 6.04 Å². The molecule has 1 saturated heterocycles. The Morgan fingerprint density at radius 2 is 1.87 bits per heavy atom. The van der Waals surface area contributed by atoms with Crippen molar-refractivity contribution in [3.05, 3.63) is 36.5 Å². The number of carbonyl (C=O) groups excluding carboxylic acids is 1. The standard InChI is InChI=1S/C23H36N6O/c1-24-23(25-13-7-16-28-15-6-11-21(28)22(30)27(2)3)26-14-8-17-29-18-12-19-9-4-5-10-20(19)29/h4-5,9-10,12,18,21H,6-8,11,13-17H2,1-3H3,(H2,24,25,26). The van der Waals surface area contributed by atoms with E-state index >= 15 is 0 Å². The molecule has 0 aliphatic carbocycles. The molecule has 1 unspecified atom stereocenters. The summed E-state index contributed by atoms with van der Waals surface area (Å²) in [5.74, 6) is 1.07. The van der Waals surface area contributed by atoms with Crippen LogP contribution < -0.4 is 10.6 Å². The lowest BCUT2D eigenvalue weighted by molar-refractivity contribution is -0.133. The van der Waals surface area contributed by atoms with Crippen molar-refractivity contribution in [2.24, 2.45) is 4.99 Å². The predicted molar refractivity (Wildman–Crippen MR) is 124 cm³/mol. The Morgan fingerprint density at radius 1 is 1.13 bits per heavy atom. The zero-order chi connectivity index (χ0) is 21.3. The quantitative estimate of drug-likeness (QED) is 0.376. The number of fused-ring (bicyclic) bond motifs is 1. The van der Waals surface area contributed by atoms with Crippen molar-refractivity contribution in [2.45, 2.75) is 38.3 Å². The molecule has 2 aromatic rings. The number of aliphatic imine (C=N–C) groups is 1. The van der Waals surface area contributed by atoms with Gasteiger partial charge in [-0.1, -0.05) is 18.2 Å². The highest BCUT2D eigenvalue weighted by Gasteiger charge is 2.30. The number of amides is 1. The molecule has 1 aliphatic heterocycles. The Kier molecular flexibility index (Phi) is 8.13. The number of hydrogen-bond acceptors (Lipinski definition) is 3. The largest absolute Gasteiger partial charge is 0.356 e. The number of carbonyl (C=O) groups is 1. The highest BCUT2D eigenvalue weighted by molar-refractivity contribution is 5.82. The molecule has 0 saturated carbocycles. The Balaban J connectivity index is 1.33. The van der Waals surface area contributed by atoms with Crippen LogP contribution in [0.5, 0.6) is 0 Å². The second-order valence-corrected chi connectivity index (χ2v) is 8.13. The highest BCUT2D eigenvalue weighted by atomic mass is 16.2. The summed E-state index contributed by atoms with van der Waals surface area (Å²) in [5, 5.41) is 8.08. The van der Waals surface area contributed by atoms with Crippen molar-refractivity contribution >= 4 is 22.8 Å². The SMILES string of the molecule is CN=C(NCCCN1CCCC1C(=O)N(C)C)NCCCn1ccc2ccccc21. The van der Waals surface area contributed by atoms with Crippen molar-refractivity contribution in [3.63, 3.8) is 0 Å². The van der Waals surface area contributed by atoms with Crippen LogP contribution in [0.3, 0.4) is 0 Å². The van der Waals surface area contributed by atoms with Gasteiger partial charge in [-0.15, -0.1) is 0 Å². The van der Waals surface area contributed by atoms with Gasteiger partial charge in [0.15, 0.2) is 5.96 Å². The molecule has 1 aromatic heterocycles. The normalized spacial score (nSPS) is 17.4. The Bertz CT molecular complexity index is 843. The number of likely N-dealkylation sites (N-methyl/N-ethyl adjacent to an activating group) is 1. The number of aryl methyl sites for hydroxylation is 1. The fraction of sp³-hybridized carbons (Fsp3) is 0.565. The number of likely N-dealkylation sites (tertiary alicyclic amines) is 1. The molecule has 164 valence electrons. The first-order valence-corrected chi connectivity index (χ1v) is 11.0. The van der Waals surface area contributed by atoms with Crippen LogP contribution in [-0.4, -0.2) is 79.6 Å². The van der Waals surface area contributed by atoms with Gasteiger partial charge in [-0.2, -0.15) is 0 Å². The van der Waals surface area contributed by atoms with Crippen LogP contribution in [0.1, 0.15) is 25.7 Å². The molecule has 0 radical (unpaired) electrons. The minimum Gasteiger partial charge on any atom is -0.356 e. The number of nitrogens with zero attached hydrogens (tertiary/aromatic N) is 4. The molecule has 1 amide bonds. The van der Waals surface area contributed by atoms with Gasteiger partial charge in [0.25, 0.3) is 0 Å². The average molecular weight is 413 g/mol. The van der Waals surface area contributed by atoms with Crippen molar-refractivity contribution in [1.29, 1.82) is 0 Å². The third kappa shape index (κ3) is 5.75. The van der Waals surface area contributed by atoms with Gasteiger partial charge in [0.2, 0.25) is 5.91 Å². The third-order valence-corrected chi connectivity index (χ3v) is 5.78. The van der Waals surface area contributed by atoms with Crippen molar-refractivity contribution < 1.29 is 4.79 Å². The maximum absolute atomic E-state index is 12.3. The second kappa shape index (κ2) is 11.0. The zero-order valence-electron chi connectivity index (χ0n) is 18.6. The number of hydrogen-bond donors (Lipinski definition) is 2. The Labute approximate surface area is 180 Å². The first kappa shape index (κ1) is 22.2. The number of benzene rings is 1. The zero-order valence-corrected chi connectivity index (χ0v) is 18.6. The maximum atomic E-state index is 12.3. The molecule has 0 bridgehead atoms. The summed E-state index contributed by atoms with van der Waals surface area (Å²) in [6.45, 7) is 4.66. The van der Waals surface area contributed by atoms with Gasteiger partial charge >= 0.3 is 0 Å². The van der Waals surface area contributed by atoms with Crippen LogP contribution in [0.4, 0.5) is 0 Å². The molecule has 1 aliphatic rings. The van der Waals surface area contributed by atoms with Crippen LogP contribution in [0.2, 0.25) is 0 Å². The van der Waals surface area contributed by atoms with E-state index in [1.807, 2.05) is 14.1 Å². The molecular formula is C23H36N6O. The number of rotatable bonds is 9. The summed E-state index contributed by atoms with van der Waals surface area (Å²) < 4.78 is 2.30. The van der Waals surface area contributed by atoms with E-state index in [9.17, 15) is 4.79 Å². The lowest BCUT2D eigenvalue weighted by Crippen LogP contribution is -2.44. The number of aromatic nitrogens is 1. The van der Waals surface area contributed by atoms with Gasteiger partial charge in [0, 0.05) is 59.0 Å². The van der Waals surface area contributed by atoms with E-state index in [2.05, 4.69) is 61.6 Å². The van der Waals surface area contributed by atoms with Gasteiger partial charge in [-0.3, -0.25) is 14.7 Å². The summed E-state index contributed by atoms with van der Waals surface area (Å²) in [6, 6.07) is 10.7. The molecule has 1 aromatic carbocycles. The third-order valence-electron chi connectivity index (χ3n) is 5.78. The van der Waals surface area contributed by atoms with Crippen LogP contribution >= 0.6 is 0 Å². The fourth-order valence-corrected chi connectivity index (χ4v) is 4.17. The van der Waals surface area contributed by atoms with E-state index in [0.717, 1.165) is 64.4 Å². The molecule has 2 N–H and O–H groups in total. The maximum Gasteiger partial charge on any atom is 0.239 e. The Hall–Kier alpha value is -2.54. The molecular weight excluding hydrogens is 376 g/mol. The molecule has 30 heavy (non-hydrogen) atoms. The topological polar surface area (TPSA) is 64.9 Å². The minimum atomic E-state index is 0.0576. The summed E-state index contributed by atoms with van der Waals surface area (Å²) in [7, 11) is 5.49. The smallest absolute Gasteiger partial charge is 0.239 e. The number of para-hydroxylation sites is 1. The minimum absolute atomic E-state index is 0.0576. The monoisotopic (exact) mass is 412 g/mol. The molecule has 7 nitrogen and oxygen atoms in total. The summed E-state index contributed by atoms with van der Waals surface area (Å²) in [6.07, 6.45) is 6.26. The van der Waals surface area contributed by atoms with Gasteiger partial charge in [-0.05, 0) is 49.7 Å². The van der Waals surface area contributed by atoms with E-state index in [1.165, 1.54) is 10.9 Å². The molecule has 7 heteroatoms. The molecule has 1 atom stereocenters. The van der Waals surface area contributed by atoms with Crippen LogP contribution in [0.15, 0.2) is 41.5 Å². The van der Waals surface area contributed by atoms with E-state index in [4.69, 9.17) is 0 Å². The fourth-order valence-electron chi connectivity index (χ4n) is 4.17. The summed E-state index contributed by atoms with van der Waals surface area (Å²) in [4.78, 5) is 20.6. The van der Waals surface area contributed by atoms with Crippen molar-refractivity contribution in [2.75, 3.05) is 47.3 Å². The second-order valence-electron chi connectivity index (χ2n) is 8.13. The van der Waals surface area contributed by atoms with E-state index in [-0.39, 0.29) is 11.9 Å². The first-order valence-electron chi connectivity index (χ1n) is 11.0. The van der Waals surface area contributed by atoms with Gasteiger partial charge in [0.1, 0.15) is 0 Å². The van der Waals surface area contributed by atoms with Gasteiger partial charge < -0.3 is 20.1 Å². The Morgan fingerprint density at radius 3 is 2.60 bits per heavy atom. The van der Waals surface area contributed by atoms with Crippen LogP contribution in [0.25, 0.3) is 10.9 Å². The molecule has 2 heterocycles. The number of guanidine groups is 1. The summed E-state index contributed by atoms with van der Waals surface area (Å²) in [5.41, 5.74) is 1.29. The molecule has 1 fully saturated rings. The van der Waals surface area contributed by atoms with Crippen molar-refractivity contribution in [1.82, 2.24) is 25.0 Å². The first-order chi connectivity index (χ1) is 14.6. The van der Waals surface area contributed by atoms with E-state index < -0.39 is 0 Å². The lowest BCUT2D eigenvalue weighted by atomic mass is 10.2. The average Bonchev–Trinajstić information content (AvgIpc) is 3.39. The lowest BCUT2D eigenvalue weighted by Gasteiger charge is -2.26. The highest BCUT2D eigenvalue weighted by Crippen LogP contribution is 2.18. The van der Waals surface area contributed by atoms with E-state index in [1.54, 1.807) is 11.9 Å². The van der Waals surface area contributed by atoms with Crippen LogP contribution in [-0.2, 0) is 11.3 Å². The number of nitrogens with one attached hydrogen (secondary N) is 2. The van der Waals surface area contributed by atoms with E-state index in [0.29, 0.717) is 0 Å². The predicted octanol–water partition coefficient (Wildman–Crippen LogP) is 2.14. The molecule has 3 rings (SSSR count). The van der Waals surface area contributed by atoms with Crippen LogP contribution in [0, 0.1) is 0 Å². The van der Waals surface area contributed by atoms with Crippen molar-refractivity contribution in [3.8, 4) is 0 Å². The summed E-state index contributed by atoms with van der Waals surface area (Å²) >= 11 is 0. The van der Waals surface area contributed by atoms with Gasteiger partial charge in [-0.25, -0.2) is 0 Å².